The molecule has 5 nitrogen and oxygen atoms in total. The molecule has 0 aliphatic heterocycles. The predicted molar refractivity (Wildman–Crippen MR) is 75.3 cm³/mol. The van der Waals surface area contributed by atoms with Gasteiger partial charge in [-0.05, 0) is 30.7 Å². The number of hydrogen-bond donors (Lipinski definition) is 2. The zero-order valence-electron chi connectivity index (χ0n) is 10.9. The van der Waals surface area contributed by atoms with Gasteiger partial charge >= 0.3 is 5.97 Å². The zero-order chi connectivity index (χ0) is 15.6. The van der Waals surface area contributed by atoms with Gasteiger partial charge in [0.2, 0.25) is 0 Å². The second-order valence-corrected chi connectivity index (χ2v) is 4.59. The van der Waals surface area contributed by atoms with Crippen molar-refractivity contribution in [2.45, 2.75) is 6.92 Å². The third kappa shape index (κ3) is 3.17. The van der Waals surface area contributed by atoms with Gasteiger partial charge in [-0.15, -0.1) is 0 Å². The molecule has 0 fully saturated rings. The van der Waals surface area contributed by atoms with E-state index in [0.717, 1.165) is 12.3 Å². The molecule has 7 heteroatoms. The number of benzene rings is 1. The van der Waals surface area contributed by atoms with Crippen molar-refractivity contribution in [1.82, 2.24) is 4.98 Å². The van der Waals surface area contributed by atoms with Crippen LogP contribution in [-0.2, 0) is 0 Å². The van der Waals surface area contributed by atoms with Gasteiger partial charge in [0.15, 0.2) is 0 Å². The van der Waals surface area contributed by atoms with Gasteiger partial charge in [0.25, 0.3) is 5.91 Å². The summed E-state index contributed by atoms with van der Waals surface area (Å²) >= 11 is 5.75. The molecule has 0 atom stereocenters. The molecule has 2 aromatic rings. The molecule has 0 radical (unpaired) electrons. The molecule has 1 aromatic heterocycles. The van der Waals surface area contributed by atoms with Crippen LogP contribution in [0.5, 0.6) is 0 Å². The van der Waals surface area contributed by atoms with Crippen LogP contribution in [0.2, 0.25) is 5.15 Å². The maximum atomic E-state index is 13.1. The Hall–Kier alpha value is -2.47. The van der Waals surface area contributed by atoms with Gasteiger partial charge in [-0.2, -0.15) is 0 Å². The van der Waals surface area contributed by atoms with Gasteiger partial charge < -0.3 is 10.4 Å². The molecule has 21 heavy (non-hydrogen) atoms. The largest absolute Gasteiger partial charge is 0.478 e. The lowest BCUT2D eigenvalue weighted by Gasteiger charge is -2.11. The molecule has 2 rings (SSSR count). The van der Waals surface area contributed by atoms with E-state index in [1.54, 1.807) is 13.0 Å². The smallest absolute Gasteiger partial charge is 0.336 e. The van der Waals surface area contributed by atoms with E-state index in [1.807, 2.05) is 0 Å². The number of rotatable bonds is 3. The standard InChI is InChI=1S/C14H10ClFN2O3/c1-7-9(14(20)21)3-2-4-11(7)18-13(19)10-5-8(16)6-17-12(10)15/h2-6H,1H3,(H,18,19)(H,20,21). The number of aromatic nitrogens is 1. The Morgan fingerprint density at radius 3 is 2.71 bits per heavy atom. The first-order valence-electron chi connectivity index (χ1n) is 5.85. The maximum absolute atomic E-state index is 13.1. The highest BCUT2D eigenvalue weighted by atomic mass is 35.5. The minimum absolute atomic E-state index is 0.0660. The number of amides is 1. The summed E-state index contributed by atoms with van der Waals surface area (Å²) in [6.07, 6.45) is 0.898. The van der Waals surface area contributed by atoms with E-state index in [4.69, 9.17) is 16.7 Å². The molecule has 2 N–H and O–H groups in total. The normalized spacial score (nSPS) is 10.2. The highest BCUT2D eigenvalue weighted by molar-refractivity contribution is 6.33. The number of halogens is 2. The summed E-state index contributed by atoms with van der Waals surface area (Å²) in [7, 11) is 0. The number of nitrogens with zero attached hydrogens (tertiary/aromatic N) is 1. The first-order valence-corrected chi connectivity index (χ1v) is 6.23. The molecule has 0 aliphatic carbocycles. The fourth-order valence-electron chi connectivity index (χ4n) is 1.77. The number of carbonyl (C=O) groups excluding carboxylic acids is 1. The van der Waals surface area contributed by atoms with Gasteiger partial charge in [0.05, 0.1) is 17.3 Å². The van der Waals surface area contributed by atoms with E-state index in [0.29, 0.717) is 11.3 Å². The van der Waals surface area contributed by atoms with Crippen LogP contribution in [0.25, 0.3) is 0 Å². The highest BCUT2D eigenvalue weighted by Gasteiger charge is 2.16. The summed E-state index contributed by atoms with van der Waals surface area (Å²) in [4.78, 5) is 26.7. The van der Waals surface area contributed by atoms with Gasteiger partial charge in [0, 0.05) is 5.69 Å². The summed E-state index contributed by atoms with van der Waals surface area (Å²) < 4.78 is 13.1. The molecule has 1 heterocycles. The molecule has 0 aliphatic rings. The minimum atomic E-state index is -1.10. The molecule has 0 saturated carbocycles. The molecule has 0 spiro atoms. The molecule has 0 bridgehead atoms. The lowest BCUT2D eigenvalue weighted by atomic mass is 10.1. The average Bonchev–Trinajstić information content (AvgIpc) is 2.43. The van der Waals surface area contributed by atoms with Crippen molar-refractivity contribution in [1.29, 1.82) is 0 Å². The Morgan fingerprint density at radius 1 is 1.33 bits per heavy atom. The summed E-state index contributed by atoms with van der Waals surface area (Å²) in [5.74, 6) is -2.47. The van der Waals surface area contributed by atoms with E-state index in [2.05, 4.69) is 10.3 Å². The van der Waals surface area contributed by atoms with Crippen LogP contribution in [0.4, 0.5) is 10.1 Å². The Morgan fingerprint density at radius 2 is 2.05 bits per heavy atom. The number of carboxylic acid groups (broad SMARTS) is 1. The fourth-order valence-corrected chi connectivity index (χ4v) is 1.96. The van der Waals surface area contributed by atoms with Gasteiger partial charge in [-0.3, -0.25) is 4.79 Å². The third-order valence-electron chi connectivity index (χ3n) is 2.86. The highest BCUT2D eigenvalue weighted by Crippen LogP contribution is 2.21. The predicted octanol–water partition coefficient (Wildman–Crippen LogP) is 3.13. The van der Waals surface area contributed by atoms with Crippen LogP contribution in [0.15, 0.2) is 30.5 Å². The van der Waals surface area contributed by atoms with Crippen LogP contribution in [0, 0.1) is 12.7 Å². The molecule has 0 saturated heterocycles. The van der Waals surface area contributed by atoms with Crippen LogP contribution >= 0.6 is 11.6 Å². The van der Waals surface area contributed by atoms with Crippen molar-refractivity contribution in [3.63, 3.8) is 0 Å². The van der Waals surface area contributed by atoms with Crippen molar-refractivity contribution < 1.29 is 19.1 Å². The summed E-state index contributed by atoms with van der Waals surface area (Å²) in [5, 5.41) is 11.4. The number of carbonyl (C=O) groups is 2. The first-order chi connectivity index (χ1) is 9.90. The van der Waals surface area contributed by atoms with E-state index < -0.39 is 17.7 Å². The summed E-state index contributed by atoms with van der Waals surface area (Å²) in [6, 6.07) is 5.42. The average molecular weight is 309 g/mol. The first kappa shape index (κ1) is 14.9. The van der Waals surface area contributed by atoms with Crippen LogP contribution in [0.1, 0.15) is 26.3 Å². The minimum Gasteiger partial charge on any atom is -0.478 e. The Bertz CT molecular complexity index is 734. The number of pyridine rings is 1. The van der Waals surface area contributed by atoms with Crippen LogP contribution in [-0.4, -0.2) is 22.0 Å². The lowest BCUT2D eigenvalue weighted by molar-refractivity contribution is 0.0695. The van der Waals surface area contributed by atoms with E-state index in [1.165, 1.54) is 12.1 Å². The maximum Gasteiger partial charge on any atom is 0.336 e. The monoisotopic (exact) mass is 308 g/mol. The van der Waals surface area contributed by atoms with E-state index in [-0.39, 0.29) is 16.3 Å². The second-order valence-electron chi connectivity index (χ2n) is 4.23. The summed E-state index contributed by atoms with van der Waals surface area (Å²) in [5.41, 5.74) is 0.632. The van der Waals surface area contributed by atoms with E-state index >= 15 is 0 Å². The van der Waals surface area contributed by atoms with Crippen LogP contribution in [0.3, 0.4) is 0 Å². The quantitative estimate of drug-likeness (QED) is 0.854. The second kappa shape index (κ2) is 5.88. The van der Waals surface area contributed by atoms with Gasteiger partial charge in [-0.25, -0.2) is 14.2 Å². The lowest BCUT2D eigenvalue weighted by Crippen LogP contribution is -2.15. The van der Waals surface area contributed by atoms with Crippen molar-refractivity contribution in [2.75, 3.05) is 5.32 Å². The Labute approximate surface area is 124 Å². The zero-order valence-corrected chi connectivity index (χ0v) is 11.6. The van der Waals surface area contributed by atoms with Gasteiger partial charge in [-0.1, -0.05) is 17.7 Å². The fraction of sp³-hybridized carbons (Fsp3) is 0.0714. The van der Waals surface area contributed by atoms with Crippen molar-refractivity contribution in [2.24, 2.45) is 0 Å². The molecular formula is C14H10ClFN2O3. The van der Waals surface area contributed by atoms with E-state index in [9.17, 15) is 14.0 Å². The van der Waals surface area contributed by atoms with Gasteiger partial charge in [0.1, 0.15) is 11.0 Å². The number of hydrogen-bond acceptors (Lipinski definition) is 3. The Balaban J connectivity index is 2.34. The molecule has 1 aromatic carbocycles. The van der Waals surface area contributed by atoms with Crippen molar-refractivity contribution in [3.05, 3.63) is 58.1 Å². The number of carboxylic acids is 1. The molecule has 108 valence electrons. The third-order valence-corrected chi connectivity index (χ3v) is 3.16. The SMILES string of the molecule is Cc1c(NC(=O)c2cc(F)cnc2Cl)cccc1C(=O)O. The number of nitrogens with one attached hydrogen (secondary N) is 1. The Kier molecular flexibility index (Phi) is 4.18. The molecular weight excluding hydrogens is 299 g/mol. The summed E-state index contributed by atoms with van der Waals surface area (Å²) in [6.45, 7) is 1.56. The molecule has 1 amide bonds. The van der Waals surface area contributed by atoms with Crippen LogP contribution < -0.4 is 5.32 Å². The molecule has 0 unspecified atom stereocenters. The topological polar surface area (TPSA) is 79.3 Å². The van der Waals surface area contributed by atoms with Crippen molar-refractivity contribution in [3.8, 4) is 0 Å². The number of anilines is 1. The number of aromatic carboxylic acids is 1. The van der Waals surface area contributed by atoms with Crippen molar-refractivity contribution >= 4 is 29.2 Å².